The second-order valence-electron chi connectivity index (χ2n) is 7.79. The number of carbonyl (C=O) groups excluding carboxylic acids is 2. The van der Waals surface area contributed by atoms with E-state index in [-0.39, 0.29) is 11.8 Å². The van der Waals surface area contributed by atoms with E-state index in [0.29, 0.717) is 19.5 Å². The topological polar surface area (TPSA) is 52.7 Å². The van der Waals surface area contributed by atoms with Crippen LogP contribution in [0.25, 0.3) is 0 Å². The molecule has 1 spiro atoms. The molecule has 5 heteroatoms. The van der Waals surface area contributed by atoms with Gasteiger partial charge in [-0.3, -0.25) is 9.59 Å². The van der Waals surface area contributed by atoms with Gasteiger partial charge in [0.2, 0.25) is 5.91 Å². The molecule has 0 aromatic heterocycles. The number of piperidine rings is 1. The molecule has 0 aliphatic carbocycles. The summed E-state index contributed by atoms with van der Waals surface area (Å²) >= 11 is 0. The minimum absolute atomic E-state index is 0.0141. The molecule has 0 atom stereocenters. The van der Waals surface area contributed by atoms with Gasteiger partial charge < -0.3 is 15.1 Å². The lowest BCUT2D eigenvalue weighted by atomic mass is 9.89. The highest BCUT2D eigenvalue weighted by Crippen LogP contribution is 2.37. The number of nitrogens with zero attached hydrogens (tertiary/aromatic N) is 2. The molecule has 2 amide bonds. The summed E-state index contributed by atoms with van der Waals surface area (Å²) in [6, 6.07) is 15.9. The fraction of sp³-hybridized carbons (Fsp3) is 0.391. The number of hydrogen-bond acceptors (Lipinski definition) is 3. The van der Waals surface area contributed by atoms with Crippen LogP contribution >= 0.6 is 0 Å². The van der Waals surface area contributed by atoms with Crippen molar-refractivity contribution < 1.29 is 9.59 Å². The van der Waals surface area contributed by atoms with Gasteiger partial charge >= 0.3 is 0 Å². The molecule has 5 nitrogen and oxygen atoms in total. The second kappa shape index (κ2) is 7.30. The van der Waals surface area contributed by atoms with Gasteiger partial charge in [-0.2, -0.15) is 0 Å². The van der Waals surface area contributed by atoms with Crippen molar-refractivity contribution in [2.24, 2.45) is 0 Å². The lowest BCUT2D eigenvalue weighted by Gasteiger charge is -2.52. The zero-order valence-corrected chi connectivity index (χ0v) is 16.6. The number of aryl methyl sites for hydroxylation is 1. The molecule has 146 valence electrons. The van der Waals surface area contributed by atoms with Crippen LogP contribution in [0.4, 0.5) is 5.69 Å². The Morgan fingerprint density at radius 3 is 2.43 bits per heavy atom. The van der Waals surface area contributed by atoms with Crippen molar-refractivity contribution in [3.8, 4) is 0 Å². The van der Waals surface area contributed by atoms with Crippen LogP contribution in [0.1, 0.15) is 41.3 Å². The van der Waals surface area contributed by atoms with Gasteiger partial charge in [-0.05, 0) is 31.5 Å². The monoisotopic (exact) mass is 377 g/mol. The molecule has 0 radical (unpaired) electrons. The molecule has 2 aliphatic heterocycles. The van der Waals surface area contributed by atoms with Crippen LogP contribution in [0.3, 0.4) is 0 Å². The molecule has 4 rings (SSSR count). The minimum Gasteiger partial charge on any atom is -0.348 e. The first-order chi connectivity index (χ1) is 13.5. The molecule has 1 saturated heterocycles. The van der Waals surface area contributed by atoms with E-state index in [2.05, 4.69) is 17.1 Å². The van der Waals surface area contributed by atoms with Gasteiger partial charge in [0.1, 0.15) is 5.66 Å². The summed E-state index contributed by atoms with van der Waals surface area (Å²) in [4.78, 5) is 29.7. The lowest BCUT2D eigenvalue weighted by molar-refractivity contribution is -0.132. The van der Waals surface area contributed by atoms with Crippen molar-refractivity contribution in [3.63, 3.8) is 0 Å². The van der Waals surface area contributed by atoms with Gasteiger partial charge in [0, 0.05) is 32.5 Å². The standard InChI is InChI=1S/C23H27N3O2/c1-3-26-20-7-5-4-6-19(20)22(28)24-23(26)12-14-25(15-13-23)21(27)16-18-10-8-17(2)9-11-18/h4-11H,3,12-16H2,1-2H3,(H,24,28). The highest BCUT2D eigenvalue weighted by atomic mass is 16.2. The van der Waals surface area contributed by atoms with Crippen LogP contribution < -0.4 is 10.2 Å². The maximum absolute atomic E-state index is 12.8. The molecule has 1 fully saturated rings. The maximum Gasteiger partial charge on any atom is 0.255 e. The van der Waals surface area contributed by atoms with E-state index in [4.69, 9.17) is 0 Å². The Kier molecular flexibility index (Phi) is 4.84. The molecule has 0 bridgehead atoms. The quantitative estimate of drug-likeness (QED) is 0.894. The number of nitrogens with one attached hydrogen (secondary N) is 1. The van der Waals surface area contributed by atoms with Gasteiger partial charge in [0.25, 0.3) is 5.91 Å². The van der Waals surface area contributed by atoms with Crippen molar-refractivity contribution in [2.75, 3.05) is 24.5 Å². The smallest absolute Gasteiger partial charge is 0.255 e. The average Bonchev–Trinajstić information content (AvgIpc) is 2.70. The number of hydrogen-bond donors (Lipinski definition) is 1. The van der Waals surface area contributed by atoms with Gasteiger partial charge in [0.15, 0.2) is 0 Å². The summed E-state index contributed by atoms with van der Waals surface area (Å²) in [6.07, 6.45) is 1.90. The van der Waals surface area contributed by atoms with E-state index in [9.17, 15) is 9.59 Å². The molecule has 28 heavy (non-hydrogen) atoms. The predicted molar refractivity (Wildman–Crippen MR) is 110 cm³/mol. The summed E-state index contributed by atoms with van der Waals surface area (Å²) in [5.41, 5.74) is 3.57. The van der Waals surface area contributed by atoms with Crippen LogP contribution in [0.2, 0.25) is 0 Å². The zero-order chi connectivity index (χ0) is 19.7. The van der Waals surface area contributed by atoms with E-state index >= 15 is 0 Å². The Morgan fingerprint density at radius 1 is 1.07 bits per heavy atom. The van der Waals surface area contributed by atoms with Crippen molar-refractivity contribution >= 4 is 17.5 Å². The molecule has 2 heterocycles. The molecule has 2 aromatic rings. The van der Waals surface area contributed by atoms with Crippen LogP contribution in [-0.4, -0.2) is 42.0 Å². The average molecular weight is 377 g/mol. The van der Waals surface area contributed by atoms with Crippen molar-refractivity contribution in [3.05, 3.63) is 65.2 Å². The van der Waals surface area contributed by atoms with E-state index in [1.165, 1.54) is 5.56 Å². The second-order valence-corrected chi connectivity index (χ2v) is 7.79. The van der Waals surface area contributed by atoms with E-state index in [1.807, 2.05) is 60.4 Å². The number of anilines is 1. The number of likely N-dealkylation sites (tertiary alicyclic amines) is 1. The third kappa shape index (κ3) is 3.26. The molecular formula is C23H27N3O2. The maximum atomic E-state index is 12.8. The first-order valence-electron chi connectivity index (χ1n) is 10.0. The first kappa shape index (κ1) is 18.5. The fourth-order valence-electron chi connectivity index (χ4n) is 4.46. The highest BCUT2D eigenvalue weighted by molar-refractivity contribution is 6.02. The summed E-state index contributed by atoms with van der Waals surface area (Å²) in [5.74, 6) is 0.143. The van der Waals surface area contributed by atoms with E-state index in [1.54, 1.807) is 0 Å². The van der Waals surface area contributed by atoms with Gasteiger partial charge in [-0.25, -0.2) is 0 Å². The lowest BCUT2D eigenvalue weighted by Crippen LogP contribution is -2.68. The third-order valence-electron chi connectivity index (χ3n) is 6.04. The number of amides is 2. The molecule has 0 saturated carbocycles. The zero-order valence-electron chi connectivity index (χ0n) is 16.6. The van der Waals surface area contributed by atoms with Gasteiger partial charge in [-0.1, -0.05) is 42.0 Å². The number of rotatable bonds is 3. The van der Waals surface area contributed by atoms with Crippen molar-refractivity contribution in [1.82, 2.24) is 10.2 Å². The number of carbonyl (C=O) groups is 2. The minimum atomic E-state index is -0.402. The van der Waals surface area contributed by atoms with Crippen LogP contribution in [0.15, 0.2) is 48.5 Å². The summed E-state index contributed by atoms with van der Waals surface area (Å²) < 4.78 is 0. The molecule has 2 aliphatic rings. The Hall–Kier alpha value is -2.82. The van der Waals surface area contributed by atoms with Crippen LogP contribution in [-0.2, 0) is 11.2 Å². The Labute approximate surface area is 166 Å². The van der Waals surface area contributed by atoms with E-state index < -0.39 is 5.66 Å². The molecule has 0 unspecified atom stereocenters. The van der Waals surface area contributed by atoms with Crippen LogP contribution in [0.5, 0.6) is 0 Å². The third-order valence-corrected chi connectivity index (χ3v) is 6.04. The molecule has 2 aromatic carbocycles. The Morgan fingerprint density at radius 2 is 1.75 bits per heavy atom. The van der Waals surface area contributed by atoms with Gasteiger partial charge in [-0.15, -0.1) is 0 Å². The molecule has 1 N–H and O–H groups in total. The predicted octanol–water partition coefficient (Wildman–Crippen LogP) is 3.13. The Bertz CT molecular complexity index is 883. The van der Waals surface area contributed by atoms with E-state index in [0.717, 1.165) is 36.2 Å². The van der Waals surface area contributed by atoms with Crippen molar-refractivity contribution in [2.45, 2.75) is 38.8 Å². The Balaban J connectivity index is 1.47. The number of para-hydroxylation sites is 1. The number of benzene rings is 2. The summed E-state index contributed by atoms with van der Waals surface area (Å²) in [6.45, 7) is 6.29. The largest absolute Gasteiger partial charge is 0.348 e. The fourth-order valence-corrected chi connectivity index (χ4v) is 4.46. The van der Waals surface area contributed by atoms with Gasteiger partial charge in [0.05, 0.1) is 17.7 Å². The normalized spacial score (nSPS) is 18.0. The first-order valence-corrected chi connectivity index (χ1v) is 10.0. The summed E-state index contributed by atoms with van der Waals surface area (Å²) in [5, 5.41) is 3.25. The van der Waals surface area contributed by atoms with Crippen LogP contribution in [0, 0.1) is 6.92 Å². The molecular weight excluding hydrogens is 350 g/mol. The summed E-state index contributed by atoms with van der Waals surface area (Å²) in [7, 11) is 0. The SMILES string of the molecule is CCN1c2ccccc2C(=O)NC12CCN(C(=O)Cc1ccc(C)cc1)CC2. The number of fused-ring (bicyclic) bond motifs is 1. The highest BCUT2D eigenvalue weighted by Gasteiger charge is 2.45. The van der Waals surface area contributed by atoms with Crippen molar-refractivity contribution in [1.29, 1.82) is 0 Å².